The van der Waals surface area contributed by atoms with E-state index >= 15 is 0 Å². The molecule has 1 aliphatic rings. The van der Waals surface area contributed by atoms with Gasteiger partial charge >= 0.3 is 0 Å². The quantitative estimate of drug-likeness (QED) is 0.450. The molecule has 0 radical (unpaired) electrons. The lowest BCUT2D eigenvalue weighted by atomic mass is 10.2. The van der Waals surface area contributed by atoms with Crippen LogP contribution in [0.5, 0.6) is 0 Å². The molecule has 9 nitrogen and oxygen atoms in total. The van der Waals surface area contributed by atoms with Crippen LogP contribution in [0.15, 0.2) is 12.1 Å². The molecule has 2 rings (SSSR count). The Kier molecular flexibility index (Phi) is 3.51. The van der Waals surface area contributed by atoms with Crippen LogP contribution in [0.3, 0.4) is 0 Å². The van der Waals surface area contributed by atoms with E-state index in [-0.39, 0.29) is 18.1 Å². The highest BCUT2D eigenvalue weighted by molar-refractivity contribution is 6.04. The molecule has 0 bridgehead atoms. The minimum atomic E-state index is -0.632. The molecule has 1 aliphatic heterocycles. The van der Waals surface area contributed by atoms with Crippen LogP contribution in [-0.4, -0.2) is 41.4 Å². The minimum absolute atomic E-state index is 0.0791. The lowest BCUT2D eigenvalue weighted by Crippen LogP contribution is -2.57. The normalized spacial score (nSPS) is 18.7. The molecule has 20 heavy (non-hydrogen) atoms. The number of hydrogen-bond donors (Lipinski definition) is 2. The first-order chi connectivity index (χ1) is 9.42. The van der Waals surface area contributed by atoms with Crippen molar-refractivity contribution in [1.29, 1.82) is 0 Å². The molecule has 1 fully saturated rings. The number of rotatable bonds is 3. The first-order valence-corrected chi connectivity index (χ1v) is 5.87. The topological polar surface area (TPSA) is 117 Å². The number of carbonyl (C=O) groups excluding carboxylic acids is 2. The second kappa shape index (κ2) is 5.11. The van der Waals surface area contributed by atoms with Crippen molar-refractivity contribution in [1.82, 2.24) is 10.3 Å². The zero-order chi connectivity index (χ0) is 14.9. The fourth-order valence-corrected chi connectivity index (χ4v) is 1.88. The summed E-state index contributed by atoms with van der Waals surface area (Å²) in [6, 6.07) is 1.88. The summed E-state index contributed by atoms with van der Waals surface area (Å²) in [6.07, 6.45) is 0. The smallest absolute Gasteiger partial charge is 0.276 e. The summed E-state index contributed by atoms with van der Waals surface area (Å²) in [5.41, 5.74) is -0.162. The van der Waals surface area contributed by atoms with Gasteiger partial charge in [-0.2, -0.15) is 0 Å². The van der Waals surface area contributed by atoms with Gasteiger partial charge in [0.05, 0.1) is 23.6 Å². The van der Waals surface area contributed by atoms with Gasteiger partial charge in [0.15, 0.2) is 0 Å². The average Bonchev–Trinajstić information content (AvgIpc) is 2.42. The number of nitrogens with one attached hydrogen (secondary N) is 2. The van der Waals surface area contributed by atoms with Crippen LogP contribution in [0.2, 0.25) is 0 Å². The fourth-order valence-electron chi connectivity index (χ4n) is 1.88. The van der Waals surface area contributed by atoms with E-state index < -0.39 is 22.8 Å². The number of nitro groups is 1. The second-order valence-corrected chi connectivity index (χ2v) is 4.29. The van der Waals surface area contributed by atoms with Crippen molar-refractivity contribution in [2.45, 2.75) is 13.0 Å². The van der Waals surface area contributed by atoms with Gasteiger partial charge in [-0.1, -0.05) is 0 Å². The van der Waals surface area contributed by atoms with E-state index in [1.165, 1.54) is 17.0 Å². The number of amides is 2. The van der Waals surface area contributed by atoms with Crippen molar-refractivity contribution in [3.05, 3.63) is 22.2 Å². The lowest BCUT2D eigenvalue weighted by molar-refractivity contribution is -0.384. The van der Waals surface area contributed by atoms with Gasteiger partial charge < -0.3 is 10.2 Å². The van der Waals surface area contributed by atoms with E-state index in [1.54, 1.807) is 14.0 Å². The first-order valence-electron chi connectivity index (χ1n) is 5.87. The Hall–Kier alpha value is -2.71. The molecular weight excluding hydrogens is 266 g/mol. The molecule has 1 aromatic rings. The summed E-state index contributed by atoms with van der Waals surface area (Å²) in [5.74, 6) is -0.424. The fraction of sp³-hybridized carbons (Fsp3) is 0.364. The number of imide groups is 1. The molecule has 0 saturated carbocycles. The number of anilines is 2. The van der Waals surface area contributed by atoms with E-state index in [0.29, 0.717) is 5.82 Å². The molecule has 1 saturated heterocycles. The van der Waals surface area contributed by atoms with Crippen LogP contribution >= 0.6 is 0 Å². The maximum absolute atomic E-state index is 11.6. The van der Waals surface area contributed by atoms with Gasteiger partial charge in [0, 0.05) is 7.05 Å². The van der Waals surface area contributed by atoms with Crippen LogP contribution in [0, 0.1) is 10.1 Å². The largest absolute Gasteiger partial charge is 0.373 e. The standard InChI is InChI=1S/C11H13N5O4/c1-6-11(18)14-10(17)5-15(6)9-4-7(16(19)20)3-8(12-2)13-9/h3-4,6H,5H2,1-2H3,(H,12,13)(H,14,17,18). The molecule has 106 valence electrons. The highest BCUT2D eigenvalue weighted by Gasteiger charge is 2.32. The Morgan fingerprint density at radius 1 is 1.50 bits per heavy atom. The van der Waals surface area contributed by atoms with Crippen LogP contribution in [0.1, 0.15) is 6.92 Å². The van der Waals surface area contributed by atoms with E-state index in [0.717, 1.165) is 0 Å². The van der Waals surface area contributed by atoms with Crippen molar-refractivity contribution >= 4 is 29.1 Å². The van der Waals surface area contributed by atoms with Gasteiger partial charge in [-0.25, -0.2) is 4.98 Å². The molecule has 9 heteroatoms. The molecule has 2 N–H and O–H groups in total. The summed E-state index contributed by atoms with van der Waals surface area (Å²) in [6.45, 7) is 1.52. The minimum Gasteiger partial charge on any atom is -0.373 e. The van der Waals surface area contributed by atoms with E-state index in [1.807, 2.05) is 0 Å². The average molecular weight is 279 g/mol. The molecule has 1 unspecified atom stereocenters. The third kappa shape index (κ3) is 2.51. The second-order valence-electron chi connectivity index (χ2n) is 4.29. The molecule has 2 heterocycles. The molecule has 1 atom stereocenters. The van der Waals surface area contributed by atoms with Gasteiger partial charge in [-0.05, 0) is 6.92 Å². The number of nitrogens with zero attached hydrogens (tertiary/aromatic N) is 3. The van der Waals surface area contributed by atoms with Crippen molar-refractivity contribution in [2.75, 3.05) is 23.8 Å². The zero-order valence-corrected chi connectivity index (χ0v) is 10.9. The van der Waals surface area contributed by atoms with E-state index in [4.69, 9.17) is 0 Å². The van der Waals surface area contributed by atoms with Crippen molar-refractivity contribution in [2.24, 2.45) is 0 Å². The van der Waals surface area contributed by atoms with Gasteiger partial charge in [0.2, 0.25) is 11.8 Å². The van der Waals surface area contributed by atoms with Gasteiger partial charge in [0.25, 0.3) is 5.69 Å². The molecule has 1 aromatic heterocycles. The number of hydrogen-bond acceptors (Lipinski definition) is 7. The summed E-state index contributed by atoms with van der Waals surface area (Å²) in [4.78, 5) is 39.0. The van der Waals surface area contributed by atoms with E-state index in [9.17, 15) is 19.7 Å². The summed E-state index contributed by atoms with van der Waals surface area (Å²) in [7, 11) is 1.58. The molecule has 0 aliphatic carbocycles. The van der Waals surface area contributed by atoms with Gasteiger partial charge in [0.1, 0.15) is 17.7 Å². The SMILES string of the molecule is CNc1cc([N+](=O)[O-])cc(N2CC(=O)NC(=O)C2C)n1. The van der Waals surface area contributed by atoms with Gasteiger partial charge in [-0.15, -0.1) is 0 Å². The Bertz CT molecular complexity index is 588. The summed E-state index contributed by atoms with van der Waals surface area (Å²) in [5, 5.41) is 15.8. The predicted octanol–water partition coefficient (Wildman–Crippen LogP) is -0.117. The lowest BCUT2D eigenvalue weighted by Gasteiger charge is -2.32. The van der Waals surface area contributed by atoms with Gasteiger partial charge in [-0.3, -0.25) is 25.0 Å². The van der Waals surface area contributed by atoms with Crippen molar-refractivity contribution in [3.63, 3.8) is 0 Å². The van der Waals surface area contributed by atoms with Crippen LogP contribution < -0.4 is 15.5 Å². The van der Waals surface area contributed by atoms with Crippen LogP contribution in [0.4, 0.5) is 17.3 Å². The Balaban J connectivity index is 2.45. The highest BCUT2D eigenvalue weighted by atomic mass is 16.6. The number of pyridine rings is 1. The number of aromatic nitrogens is 1. The Morgan fingerprint density at radius 2 is 2.20 bits per heavy atom. The third-order valence-corrected chi connectivity index (χ3v) is 2.98. The Labute approximate surface area is 114 Å². The molecule has 2 amide bonds. The predicted molar refractivity (Wildman–Crippen MR) is 70.4 cm³/mol. The molecule has 0 spiro atoms. The van der Waals surface area contributed by atoms with Crippen molar-refractivity contribution < 1.29 is 14.5 Å². The summed E-state index contributed by atoms with van der Waals surface area (Å²) >= 11 is 0. The molecule has 0 aromatic carbocycles. The summed E-state index contributed by atoms with van der Waals surface area (Å²) < 4.78 is 0. The van der Waals surface area contributed by atoms with Crippen LogP contribution in [-0.2, 0) is 9.59 Å². The third-order valence-electron chi connectivity index (χ3n) is 2.98. The zero-order valence-electron chi connectivity index (χ0n) is 10.9. The van der Waals surface area contributed by atoms with E-state index in [2.05, 4.69) is 15.6 Å². The molecular formula is C11H13N5O4. The first kappa shape index (κ1) is 13.7. The maximum atomic E-state index is 11.6. The number of piperazine rings is 1. The monoisotopic (exact) mass is 279 g/mol. The highest BCUT2D eigenvalue weighted by Crippen LogP contribution is 2.25. The Morgan fingerprint density at radius 3 is 2.80 bits per heavy atom. The maximum Gasteiger partial charge on any atom is 0.276 e. The van der Waals surface area contributed by atoms with Crippen molar-refractivity contribution in [3.8, 4) is 0 Å². The number of carbonyl (C=O) groups is 2. The van der Waals surface area contributed by atoms with Crippen LogP contribution in [0.25, 0.3) is 0 Å².